The molecule has 1 atom stereocenters. The van der Waals surface area contributed by atoms with Gasteiger partial charge in [-0.1, -0.05) is 19.1 Å². The van der Waals surface area contributed by atoms with Crippen molar-refractivity contribution in [2.24, 2.45) is 0 Å². The minimum absolute atomic E-state index is 0.00804. The van der Waals surface area contributed by atoms with Gasteiger partial charge in [-0.05, 0) is 60.1 Å². The SMILES string of the molecule is CCCOc1ccc(-c2nonc2NC(=O)[C@H](C)Oc2ccccc2F)cc1. The number of nitrogens with one attached hydrogen (secondary N) is 1. The molecule has 1 aromatic heterocycles. The number of carbonyl (C=O) groups is 1. The number of aromatic nitrogens is 2. The van der Waals surface area contributed by atoms with Gasteiger partial charge in [0.25, 0.3) is 5.91 Å². The summed E-state index contributed by atoms with van der Waals surface area (Å²) in [5.41, 5.74) is 1.07. The van der Waals surface area contributed by atoms with E-state index in [2.05, 4.69) is 15.6 Å². The van der Waals surface area contributed by atoms with Crippen molar-refractivity contribution in [3.63, 3.8) is 0 Å². The summed E-state index contributed by atoms with van der Waals surface area (Å²) in [5.74, 6) is -0.179. The molecule has 0 unspecified atom stereocenters. The summed E-state index contributed by atoms with van der Waals surface area (Å²) >= 11 is 0. The standard InChI is InChI=1S/C20H20FN3O4/c1-3-12-26-15-10-8-14(9-11-15)18-19(24-28-23-18)22-20(25)13(2)27-17-7-5-4-6-16(17)21/h4-11,13H,3,12H2,1-2H3,(H,22,24,25)/t13-/m0/s1. The predicted octanol–water partition coefficient (Wildman–Crippen LogP) is 4.07. The van der Waals surface area contributed by atoms with Crippen LogP contribution >= 0.6 is 0 Å². The molecular formula is C20H20FN3O4. The summed E-state index contributed by atoms with van der Waals surface area (Å²) in [5, 5.41) is 10.2. The number of ether oxygens (including phenoxy) is 2. The second kappa shape index (κ2) is 8.98. The number of para-hydroxylation sites is 1. The van der Waals surface area contributed by atoms with Crippen molar-refractivity contribution in [2.45, 2.75) is 26.4 Å². The van der Waals surface area contributed by atoms with Crippen LogP contribution in [0.15, 0.2) is 53.2 Å². The molecule has 1 heterocycles. The number of nitrogens with zero attached hydrogens (tertiary/aromatic N) is 2. The molecule has 3 rings (SSSR count). The van der Waals surface area contributed by atoms with E-state index in [1.54, 1.807) is 36.4 Å². The van der Waals surface area contributed by atoms with Gasteiger partial charge >= 0.3 is 0 Å². The molecule has 0 aliphatic carbocycles. The van der Waals surface area contributed by atoms with Gasteiger partial charge in [-0.15, -0.1) is 0 Å². The number of amides is 1. The molecular weight excluding hydrogens is 365 g/mol. The average Bonchev–Trinajstić information content (AvgIpc) is 3.16. The Kier molecular flexibility index (Phi) is 6.21. The van der Waals surface area contributed by atoms with Crippen LogP contribution in [0.25, 0.3) is 11.3 Å². The second-order valence-electron chi connectivity index (χ2n) is 6.01. The quantitative estimate of drug-likeness (QED) is 0.629. The Hall–Kier alpha value is -3.42. The number of hydrogen-bond donors (Lipinski definition) is 1. The molecule has 0 aliphatic heterocycles. The Morgan fingerprint density at radius 3 is 2.64 bits per heavy atom. The van der Waals surface area contributed by atoms with Gasteiger partial charge in [-0.3, -0.25) is 4.79 Å². The third-order valence-electron chi connectivity index (χ3n) is 3.84. The van der Waals surface area contributed by atoms with Crippen LogP contribution in [0, 0.1) is 5.82 Å². The van der Waals surface area contributed by atoms with Gasteiger partial charge in [0.2, 0.25) is 5.82 Å². The maximum Gasteiger partial charge on any atom is 0.266 e. The lowest BCUT2D eigenvalue weighted by atomic mass is 10.1. The van der Waals surface area contributed by atoms with Crippen LogP contribution in [0.3, 0.4) is 0 Å². The molecule has 146 valence electrons. The molecule has 0 fully saturated rings. The first-order chi connectivity index (χ1) is 13.6. The summed E-state index contributed by atoms with van der Waals surface area (Å²) in [6.07, 6.45) is -0.0376. The first-order valence-electron chi connectivity index (χ1n) is 8.86. The van der Waals surface area contributed by atoms with Crippen LogP contribution in [0.1, 0.15) is 20.3 Å². The Morgan fingerprint density at radius 1 is 1.18 bits per heavy atom. The van der Waals surface area contributed by atoms with E-state index >= 15 is 0 Å². The van der Waals surface area contributed by atoms with Crippen LogP contribution in [0.4, 0.5) is 10.2 Å². The first-order valence-corrected chi connectivity index (χ1v) is 8.86. The third kappa shape index (κ3) is 4.64. The maximum absolute atomic E-state index is 13.7. The monoisotopic (exact) mass is 385 g/mol. The fourth-order valence-electron chi connectivity index (χ4n) is 2.39. The van der Waals surface area contributed by atoms with Crippen molar-refractivity contribution < 1.29 is 23.3 Å². The van der Waals surface area contributed by atoms with E-state index in [-0.39, 0.29) is 11.6 Å². The molecule has 1 amide bonds. The van der Waals surface area contributed by atoms with Gasteiger partial charge in [-0.2, -0.15) is 0 Å². The second-order valence-corrected chi connectivity index (χ2v) is 6.01. The number of benzene rings is 2. The number of carbonyl (C=O) groups excluding carboxylic acids is 1. The lowest BCUT2D eigenvalue weighted by Gasteiger charge is -2.14. The Balaban J connectivity index is 1.68. The molecule has 0 saturated carbocycles. The smallest absolute Gasteiger partial charge is 0.266 e. The van der Waals surface area contributed by atoms with Gasteiger partial charge in [0, 0.05) is 5.56 Å². The van der Waals surface area contributed by atoms with Gasteiger partial charge in [0.15, 0.2) is 23.4 Å². The summed E-state index contributed by atoms with van der Waals surface area (Å²) in [6.45, 7) is 4.17. The fraction of sp³-hybridized carbons (Fsp3) is 0.250. The molecule has 2 aromatic carbocycles. The van der Waals surface area contributed by atoms with Gasteiger partial charge in [0.1, 0.15) is 5.75 Å². The minimum Gasteiger partial charge on any atom is -0.494 e. The largest absolute Gasteiger partial charge is 0.494 e. The molecule has 0 spiro atoms. The molecule has 0 aliphatic rings. The van der Waals surface area contributed by atoms with E-state index < -0.39 is 17.8 Å². The first kappa shape index (κ1) is 19.3. The predicted molar refractivity (Wildman–Crippen MR) is 101 cm³/mol. The van der Waals surface area contributed by atoms with E-state index in [1.807, 2.05) is 6.92 Å². The van der Waals surface area contributed by atoms with Gasteiger partial charge < -0.3 is 14.8 Å². The van der Waals surface area contributed by atoms with Crippen LogP contribution in [0.5, 0.6) is 11.5 Å². The van der Waals surface area contributed by atoms with Gasteiger partial charge in [0.05, 0.1) is 6.61 Å². The van der Waals surface area contributed by atoms with Crippen molar-refractivity contribution in [1.29, 1.82) is 0 Å². The normalized spacial score (nSPS) is 11.7. The lowest BCUT2D eigenvalue weighted by Crippen LogP contribution is -2.30. The zero-order chi connectivity index (χ0) is 19.9. The zero-order valence-electron chi connectivity index (χ0n) is 15.5. The topological polar surface area (TPSA) is 86.5 Å². The third-order valence-corrected chi connectivity index (χ3v) is 3.84. The van der Waals surface area contributed by atoms with Gasteiger partial charge in [-0.25, -0.2) is 9.02 Å². The average molecular weight is 385 g/mol. The van der Waals surface area contributed by atoms with E-state index in [0.29, 0.717) is 17.9 Å². The number of anilines is 1. The number of halogens is 1. The molecule has 3 aromatic rings. The molecule has 28 heavy (non-hydrogen) atoms. The lowest BCUT2D eigenvalue weighted by molar-refractivity contribution is -0.122. The maximum atomic E-state index is 13.7. The van der Waals surface area contributed by atoms with E-state index in [1.165, 1.54) is 19.1 Å². The zero-order valence-corrected chi connectivity index (χ0v) is 15.5. The molecule has 8 heteroatoms. The Labute approximate surface area is 161 Å². The Bertz CT molecular complexity index is 927. The highest BCUT2D eigenvalue weighted by Crippen LogP contribution is 2.26. The highest BCUT2D eigenvalue weighted by atomic mass is 19.1. The summed E-state index contributed by atoms with van der Waals surface area (Å²) < 4.78 is 29.4. The van der Waals surface area contributed by atoms with Crippen LogP contribution < -0.4 is 14.8 Å². The van der Waals surface area contributed by atoms with Crippen LogP contribution in [-0.4, -0.2) is 28.9 Å². The van der Waals surface area contributed by atoms with Crippen molar-refractivity contribution in [3.05, 3.63) is 54.3 Å². The summed E-state index contributed by atoms with van der Waals surface area (Å²) in [7, 11) is 0. The van der Waals surface area contributed by atoms with Crippen molar-refractivity contribution in [1.82, 2.24) is 10.3 Å². The molecule has 0 bridgehead atoms. The van der Waals surface area contributed by atoms with Crippen molar-refractivity contribution in [2.75, 3.05) is 11.9 Å². The summed E-state index contributed by atoms with van der Waals surface area (Å²) in [4.78, 5) is 12.4. The summed E-state index contributed by atoms with van der Waals surface area (Å²) in [6, 6.07) is 13.1. The van der Waals surface area contributed by atoms with Crippen molar-refractivity contribution in [3.8, 4) is 22.8 Å². The molecule has 0 saturated heterocycles. The highest BCUT2D eigenvalue weighted by molar-refractivity contribution is 5.95. The Morgan fingerprint density at radius 2 is 1.93 bits per heavy atom. The molecule has 7 nitrogen and oxygen atoms in total. The van der Waals surface area contributed by atoms with Crippen LogP contribution in [0.2, 0.25) is 0 Å². The number of hydrogen-bond acceptors (Lipinski definition) is 6. The van der Waals surface area contributed by atoms with E-state index in [0.717, 1.165) is 12.2 Å². The van der Waals surface area contributed by atoms with Crippen LogP contribution in [-0.2, 0) is 4.79 Å². The van der Waals surface area contributed by atoms with E-state index in [4.69, 9.17) is 14.1 Å². The number of rotatable bonds is 8. The highest BCUT2D eigenvalue weighted by Gasteiger charge is 2.21. The molecule has 0 radical (unpaired) electrons. The molecule has 1 N–H and O–H groups in total. The minimum atomic E-state index is -0.953. The van der Waals surface area contributed by atoms with E-state index in [9.17, 15) is 9.18 Å². The fourth-order valence-corrected chi connectivity index (χ4v) is 2.39. The van der Waals surface area contributed by atoms with Crippen molar-refractivity contribution >= 4 is 11.7 Å².